The van der Waals surface area contributed by atoms with Crippen molar-refractivity contribution in [1.82, 2.24) is 9.97 Å². The van der Waals surface area contributed by atoms with E-state index in [0.717, 1.165) is 11.1 Å². The second kappa shape index (κ2) is 6.91. The molecule has 0 saturated heterocycles. The van der Waals surface area contributed by atoms with Gasteiger partial charge < -0.3 is 10.1 Å². The maximum atomic E-state index is 12.3. The van der Waals surface area contributed by atoms with Gasteiger partial charge in [0.1, 0.15) is 5.75 Å². The molecule has 0 bridgehead atoms. The van der Waals surface area contributed by atoms with Gasteiger partial charge in [0.25, 0.3) is 5.91 Å². The van der Waals surface area contributed by atoms with Crippen molar-refractivity contribution in [3.05, 3.63) is 77.6 Å². The summed E-state index contributed by atoms with van der Waals surface area (Å²) in [5.41, 5.74) is 3.19. The first-order valence-electron chi connectivity index (χ1n) is 7.55. The maximum absolute atomic E-state index is 12.3. The lowest BCUT2D eigenvalue weighted by Crippen LogP contribution is -2.13. The Bertz CT molecular complexity index is 846. The molecule has 0 fully saturated rings. The van der Waals surface area contributed by atoms with Crippen LogP contribution in [0.1, 0.15) is 21.5 Å². The fraction of sp³-hybridized carbons (Fsp3) is 0.105. The molecule has 24 heavy (non-hydrogen) atoms. The van der Waals surface area contributed by atoms with Gasteiger partial charge in [-0.25, -0.2) is 9.97 Å². The second-order valence-electron chi connectivity index (χ2n) is 5.44. The van der Waals surface area contributed by atoms with E-state index in [9.17, 15) is 4.79 Å². The lowest BCUT2D eigenvalue weighted by Gasteiger charge is -2.08. The van der Waals surface area contributed by atoms with E-state index in [1.54, 1.807) is 0 Å². The first-order valence-corrected chi connectivity index (χ1v) is 7.55. The minimum atomic E-state index is -0.187. The summed E-state index contributed by atoms with van der Waals surface area (Å²) in [5, 5.41) is 2.79. The molecule has 0 saturated carbocycles. The zero-order valence-corrected chi connectivity index (χ0v) is 13.5. The van der Waals surface area contributed by atoms with Crippen LogP contribution >= 0.6 is 0 Å². The molecule has 1 amide bonds. The van der Waals surface area contributed by atoms with Crippen molar-refractivity contribution < 1.29 is 9.53 Å². The molecular weight excluding hydrogens is 302 g/mol. The lowest BCUT2D eigenvalue weighted by atomic mass is 10.1. The lowest BCUT2D eigenvalue weighted by molar-refractivity contribution is 0.102. The van der Waals surface area contributed by atoms with Crippen LogP contribution in [0.2, 0.25) is 0 Å². The van der Waals surface area contributed by atoms with Crippen molar-refractivity contribution in [1.29, 1.82) is 0 Å². The van der Waals surface area contributed by atoms with Gasteiger partial charge in [0.15, 0.2) is 0 Å². The zero-order chi connectivity index (χ0) is 16.9. The van der Waals surface area contributed by atoms with Crippen LogP contribution in [0, 0.1) is 13.8 Å². The number of amides is 1. The number of para-hydroxylation sites is 1. The summed E-state index contributed by atoms with van der Waals surface area (Å²) in [6.45, 7) is 3.91. The van der Waals surface area contributed by atoms with E-state index < -0.39 is 0 Å². The van der Waals surface area contributed by atoms with Crippen molar-refractivity contribution in [2.24, 2.45) is 0 Å². The van der Waals surface area contributed by atoms with E-state index in [4.69, 9.17) is 4.74 Å². The highest BCUT2D eigenvalue weighted by molar-refractivity contribution is 6.05. The molecule has 2 aromatic carbocycles. The third kappa shape index (κ3) is 3.76. The largest absolute Gasteiger partial charge is 0.424 e. The molecule has 0 unspecified atom stereocenters. The van der Waals surface area contributed by atoms with Crippen molar-refractivity contribution in [3.63, 3.8) is 0 Å². The van der Waals surface area contributed by atoms with Crippen LogP contribution in [-0.4, -0.2) is 15.9 Å². The van der Waals surface area contributed by atoms with E-state index in [0.29, 0.717) is 17.0 Å². The van der Waals surface area contributed by atoms with Gasteiger partial charge >= 0.3 is 6.01 Å². The van der Waals surface area contributed by atoms with E-state index in [1.165, 1.54) is 12.4 Å². The molecule has 3 rings (SSSR count). The monoisotopic (exact) mass is 319 g/mol. The van der Waals surface area contributed by atoms with Gasteiger partial charge in [0, 0.05) is 5.56 Å². The topological polar surface area (TPSA) is 64.1 Å². The quantitative estimate of drug-likeness (QED) is 0.785. The third-order valence-corrected chi connectivity index (χ3v) is 3.46. The highest BCUT2D eigenvalue weighted by Gasteiger charge is 2.10. The van der Waals surface area contributed by atoms with Crippen LogP contribution in [0.3, 0.4) is 0 Å². The molecule has 0 aliphatic heterocycles. The number of nitrogens with one attached hydrogen (secondary N) is 1. The highest BCUT2D eigenvalue weighted by Crippen LogP contribution is 2.18. The molecule has 5 nitrogen and oxygen atoms in total. The Labute approximate surface area is 140 Å². The van der Waals surface area contributed by atoms with Gasteiger partial charge in [0.05, 0.1) is 18.1 Å². The summed E-state index contributed by atoms with van der Waals surface area (Å²) in [5.74, 6) is 0.470. The normalized spacial score (nSPS) is 10.2. The minimum Gasteiger partial charge on any atom is -0.424 e. The Morgan fingerprint density at radius 3 is 2.38 bits per heavy atom. The molecule has 0 atom stereocenters. The first-order chi connectivity index (χ1) is 11.6. The Morgan fingerprint density at radius 1 is 1.00 bits per heavy atom. The van der Waals surface area contributed by atoms with Crippen LogP contribution in [0.25, 0.3) is 0 Å². The second-order valence-corrected chi connectivity index (χ2v) is 5.44. The van der Waals surface area contributed by atoms with Crippen molar-refractivity contribution in [3.8, 4) is 11.8 Å². The van der Waals surface area contributed by atoms with Gasteiger partial charge in [-0.1, -0.05) is 35.9 Å². The number of rotatable bonds is 4. The van der Waals surface area contributed by atoms with Crippen LogP contribution in [-0.2, 0) is 0 Å². The number of hydrogen-bond donors (Lipinski definition) is 1. The molecule has 5 heteroatoms. The summed E-state index contributed by atoms with van der Waals surface area (Å²) >= 11 is 0. The summed E-state index contributed by atoms with van der Waals surface area (Å²) in [4.78, 5) is 20.5. The van der Waals surface area contributed by atoms with E-state index in [-0.39, 0.29) is 11.9 Å². The van der Waals surface area contributed by atoms with Crippen molar-refractivity contribution >= 4 is 11.6 Å². The SMILES string of the molecule is Cc1ccc(C(=O)Nc2cnc(Oc3ccccc3)nc2)c(C)c1. The Morgan fingerprint density at radius 2 is 1.71 bits per heavy atom. The van der Waals surface area contributed by atoms with E-state index in [2.05, 4.69) is 15.3 Å². The number of ether oxygens (including phenoxy) is 1. The molecule has 0 radical (unpaired) electrons. The molecule has 3 aromatic rings. The molecular formula is C19H17N3O2. The predicted molar refractivity (Wildman–Crippen MR) is 92.4 cm³/mol. The van der Waals surface area contributed by atoms with Crippen LogP contribution in [0.4, 0.5) is 5.69 Å². The van der Waals surface area contributed by atoms with Gasteiger partial charge in [-0.15, -0.1) is 0 Å². The smallest absolute Gasteiger partial charge is 0.322 e. The van der Waals surface area contributed by atoms with E-state index >= 15 is 0 Å². The number of carbonyl (C=O) groups is 1. The molecule has 120 valence electrons. The van der Waals surface area contributed by atoms with Crippen LogP contribution < -0.4 is 10.1 Å². The van der Waals surface area contributed by atoms with Crippen molar-refractivity contribution in [2.75, 3.05) is 5.32 Å². The molecule has 0 aliphatic carbocycles. The van der Waals surface area contributed by atoms with Crippen LogP contribution in [0.15, 0.2) is 60.9 Å². The fourth-order valence-electron chi connectivity index (χ4n) is 2.29. The molecule has 1 aromatic heterocycles. The number of anilines is 1. The van der Waals surface area contributed by atoms with Gasteiger partial charge in [-0.2, -0.15) is 0 Å². The fourth-order valence-corrected chi connectivity index (χ4v) is 2.29. The number of carbonyl (C=O) groups excluding carboxylic acids is 1. The summed E-state index contributed by atoms with van der Waals surface area (Å²) in [7, 11) is 0. The number of benzene rings is 2. The highest BCUT2D eigenvalue weighted by atomic mass is 16.5. The van der Waals surface area contributed by atoms with Crippen LogP contribution in [0.5, 0.6) is 11.8 Å². The summed E-state index contributed by atoms with van der Waals surface area (Å²) < 4.78 is 5.52. The number of hydrogen-bond acceptors (Lipinski definition) is 4. The van der Waals surface area contributed by atoms with Gasteiger partial charge in [0.2, 0.25) is 0 Å². The standard InChI is InChI=1S/C19H17N3O2/c1-13-8-9-17(14(2)10-13)18(23)22-15-11-20-19(21-12-15)24-16-6-4-3-5-7-16/h3-12H,1-2H3,(H,22,23). The number of aryl methyl sites for hydroxylation is 2. The molecule has 1 heterocycles. The van der Waals surface area contributed by atoms with E-state index in [1.807, 2.05) is 62.4 Å². The molecule has 0 aliphatic rings. The summed E-state index contributed by atoms with van der Waals surface area (Å²) in [6.07, 6.45) is 3.04. The first kappa shape index (κ1) is 15.7. The average Bonchev–Trinajstić information content (AvgIpc) is 2.57. The molecule has 1 N–H and O–H groups in total. The zero-order valence-electron chi connectivity index (χ0n) is 13.5. The number of aromatic nitrogens is 2. The third-order valence-electron chi connectivity index (χ3n) is 3.46. The van der Waals surface area contributed by atoms with Gasteiger partial charge in [-0.3, -0.25) is 4.79 Å². The predicted octanol–water partition coefficient (Wildman–Crippen LogP) is 4.14. The minimum absolute atomic E-state index is 0.187. The maximum Gasteiger partial charge on any atom is 0.322 e. The van der Waals surface area contributed by atoms with Crippen molar-refractivity contribution in [2.45, 2.75) is 13.8 Å². The number of nitrogens with zero attached hydrogens (tertiary/aromatic N) is 2. The average molecular weight is 319 g/mol. The summed E-state index contributed by atoms with van der Waals surface area (Å²) in [6, 6.07) is 15.2. The Hall–Kier alpha value is -3.21. The Balaban J connectivity index is 1.68. The molecule has 0 spiro atoms. The Kier molecular flexibility index (Phi) is 4.52. The van der Waals surface area contributed by atoms with Gasteiger partial charge in [-0.05, 0) is 37.6 Å².